The summed E-state index contributed by atoms with van der Waals surface area (Å²) in [5.41, 5.74) is 1.62. The van der Waals surface area contributed by atoms with Crippen LogP contribution in [-0.4, -0.2) is 41.4 Å². The maximum absolute atomic E-state index is 12.8. The van der Waals surface area contributed by atoms with Crippen molar-refractivity contribution in [1.82, 2.24) is 5.32 Å². The number of phosphoric acid groups is 1. The highest BCUT2D eigenvalue weighted by Crippen LogP contribution is 2.37. The second-order valence-electron chi connectivity index (χ2n) is 7.75. The van der Waals surface area contributed by atoms with E-state index in [0.717, 1.165) is 21.1 Å². The van der Waals surface area contributed by atoms with Gasteiger partial charge in [0.1, 0.15) is 18.4 Å². The number of carbonyl (C=O) groups excluding carboxylic acids is 1. The molecule has 11 heteroatoms. The third kappa shape index (κ3) is 7.32. The fourth-order valence-electron chi connectivity index (χ4n) is 3.55. The van der Waals surface area contributed by atoms with E-state index in [1.807, 2.05) is 60.7 Å². The van der Waals surface area contributed by atoms with Gasteiger partial charge in [-0.1, -0.05) is 59.8 Å². The molecule has 1 fully saturated rings. The average Bonchev–Trinajstić information content (AvgIpc) is 2.83. The van der Waals surface area contributed by atoms with Crippen molar-refractivity contribution in [2.75, 3.05) is 24.6 Å². The van der Waals surface area contributed by atoms with Crippen LogP contribution in [0.5, 0.6) is 5.75 Å². The van der Waals surface area contributed by atoms with Crippen molar-refractivity contribution in [3.63, 3.8) is 0 Å². The van der Waals surface area contributed by atoms with E-state index in [1.165, 1.54) is 16.7 Å². The molecule has 3 aromatic rings. The molecule has 0 radical (unpaired) electrons. The van der Waals surface area contributed by atoms with E-state index in [0.29, 0.717) is 30.4 Å². The van der Waals surface area contributed by atoms with Gasteiger partial charge in [-0.05, 0) is 42.0 Å². The second kappa shape index (κ2) is 11.6. The van der Waals surface area contributed by atoms with Gasteiger partial charge in [0, 0.05) is 22.9 Å². The highest BCUT2D eigenvalue weighted by atomic mass is 35.5. The van der Waals surface area contributed by atoms with Crippen LogP contribution in [-0.2, 0) is 20.5 Å². The van der Waals surface area contributed by atoms with Crippen LogP contribution in [0.4, 0.5) is 5.69 Å². The summed E-state index contributed by atoms with van der Waals surface area (Å²) in [7, 11) is -4.67. The number of rotatable bonds is 9. The van der Waals surface area contributed by atoms with Crippen LogP contribution < -0.4 is 15.0 Å². The Morgan fingerprint density at radius 1 is 1.06 bits per heavy atom. The monoisotopic (exact) mass is 534 g/mol. The molecule has 0 saturated carbocycles. The Labute approximate surface area is 212 Å². The Bertz CT molecular complexity index is 1230. The predicted octanol–water partition coefficient (Wildman–Crippen LogP) is 4.48. The highest BCUT2D eigenvalue weighted by molar-refractivity contribution is 7.99. The lowest BCUT2D eigenvalue weighted by Gasteiger charge is -2.33. The number of amides is 1. The molecule has 3 aromatic carbocycles. The molecule has 184 valence electrons. The molecule has 35 heavy (non-hydrogen) atoms. The molecule has 0 bridgehead atoms. The van der Waals surface area contributed by atoms with Gasteiger partial charge in [-0.2, -0.15) is 0 Å². The van der Waals surface area contributed by atoms with Crippen molar-refractivity contribution in [2.24, 2.45) is 0 Å². The number of ether oxygens (including phenoxy) is 1. The number of phosphoric ester groups is 1. The van der Waals surface area contributed by atoms with Gasteiger partial charge in [0.05, 0.1) is 17.3 Å². The smallest absolute Gasteiger partial charge is 0.469 e. The number of nitrogens with one attached hydrogen (secondary N) is 1. The third-order valence-electron chi connectivity index (χ3n) is 5.20. The zero-order valence-corrected chi connectivity index (χ0v) is 21.0. The number of hydrogen-bond donors (Lipinski definition) is 3. The molecule has 0 aliphatic carbocycles. The van der Waals surface area contributed by atoms with Crippen LogP contribution in [0.2, 0.25) is 5.02 Å². The number of piperazine rings is 1. The van der Waals surface area contributed by atoms with Crippen molar-refractivity contribution in [1.29, 1.82) is 0 Å². The quantitative estimate of drug-likeness (QED) is 0.345. The fraction of sp³-hybridized carbons (Fsp3) is 0.208. The van der Waals surface area contributed by atoms with Gasteiger partial charge < -0.3 is 24.7 Å². The van der Waals surface area contributed by atoms with Crippen LogP contribution >= 0.6 is 31.2 Å². The average molecular weight is 535 g/mol. The largest absolute Gasteiger partial charge is 0.489 e. The first-order chi connectivity index (χ1) is 16.8. The predicted molar refractivity (Wildman–Crippen MR) is 135 cm³/mol. The summed E-state index contributed by atoms with van der Waals surface area (Å²) in [4.78, 5) is 34.0. The molecule has 1 unspecified atom stereocenters. The topological polar surface area (TPSA) is 108 Å². The van der Waals surface area contributed by atoms with Gasteiger partial charge in [0.2, 0.25) is 5.91 Å². The summed E-state index contributed by atoms with van der Waals surface area (Å²) >= 11 is 8.05. The van der Waals surface area contributed by atoms with E-state index in [1.54, 1.807) is 12.1 Å². The minimum absolute atomic E-state index is 0.365. The molecule has 1 aliphatic rings. The molecular weight excluding hydrogens is 511 g/mol. The molecule has 4 rings (SSSR count). The summed E-state index contributed by atoms with van der Waals surface area (Å²) in [6.07, 6.45) is 0. The van der Waals surface area contributed by atoms with Crippen molar-refractivity contribution in [3.8, 4) is 5.75 Å². The number of benzene rings is 3. The first-order valence-corrected chi connectivity index (χ1v) is 13.5. The lowest BCUT2D eigenvalue weighted by molar-refractivity contribution is -0.122. The number of halogens is 1. The van der Waals surface area contributed by atoms with Crippen LogP contribution in [0.15, 0.2) is 82.6 Å². The molecule has 1 amide bonds. The molecule has 1 aliphatic heterocycles. The Kier molecular flexibility index (Phi) is 8.51. The molecule has 3 N–H and O–H groups in total. The summed E-state index contributed by atoms with van der Waals surface area (Å²) < 4.78 is 21.4. The van der Waals surface area contributed by atoms with Gasteiger partial charge in [-0.15, -0.1) is 0 Å². The van der Waals surface area contributed by atoms with Crippen molar-refractivity contribution >= 4 is 42.8 Å². The Morgan fingerprint density at radius 2 is 1.83 bits per heavy atom. The van der Waals surface area contributed by atoms with Gasteiger partial charge in [-0.3, -0.25) is 9.32 Å². The Morgan fingerprint density at radius 3 is 2.57 bits per heavy atom. The highest BCUT2D eigenvalue weighted by Gasteiger charge is 2.32. The normalized spacial score (nSPS) is 16.4. The van der Waals surface area contributed by atoms with Crippen LogP contribution in [0.3, 0.4) is 0 Å². The molecule has 1 saturated heterocycles. The molecule has 0 aromatic heterocycles. The number of nitrogens with zero attached hydrogens (tertiary/aromatic N) is 1. The molecule has 1 atom stereocenters. The molecule has 0 spiro atoms. The van der Waals surface area contributed by atoms with Gasteiger partial charge in [-0.25, -0.2) is 4.57 Å². The second-order valence-corrected chi connectivity index (χ2v) is 10.5. The lowest BCUT2D eigenvalue weighted by Crippen LogP contribution is -2.57. The lowest BCUT2D eigenvalue weighted by atomic mass is 10.1. The van der Waals surface area contributed by atoms with Crippen LogP contribution in [0.1, 0.15) is 5.56 Å². The summed E-state index contributed by atoms with van der Waals surface area (Å²) in [5, 5.41) is 3.31. The van der Waals surface area contributed by atoms with E-state index in [2.05, 4.69) is 9.84 Å². The van der Waals surface area contributed by atoms with Crippen LogP contribution in [0.25, 0.3) is 0 Å². The summed E-state index contributed by atoms with van der Waals surface area (Å²) in [5.74, 6) is 0.395. The van der Waals surface area contributed by atoms with Crippen LogP contribution in [0, 0.1) is 0 Å². The first kappa shape index (κ1) is 25.7. The summed E-state index contributed by atoms with van der Waals surface area (Å²) in [6.45, 7) is 0.851. The SMILES string of the molecule is O=C1C(COP(=O)(O)O)NCCN1c1ccc(Sc2cccc(OCc3ccccc3)c2)cc1Cl. The van der Waals surface area contributed by atoms with E-state index >= 15 is 0 Å². The van der Waals surface area contributed by atoms with E-state index in [-0.39, 0.29) is 5.91 Å². The van der Waals surface area contributed by atoms with Crippen molar-refractivity contribution < 1.29 is 28.4 Å². The maximum atomic E-state index is 12.8. The van der Waals surface area contributed by atoms with Gasteiger partial charge >= 0.3 is 7.82 Å². The molecular formula is C24H24ClN2O6PS. The van der Waals surface area contributed by atoms with Crippen molar-refractivity contribution in [2.45, 2.75) is 22.4 Å². The van der Waals surface area contributed by atoms with Gasteiger partial charge in [0.15, 0.2) is 0 Å². The van der Waals surface area contributed by atoms with E-state index < -0.39 is 20.5 Å². The zero-order chi connectivity index (χ0) is 24.8. The Hall–Kier alpha value is -2.36. The maximum Gasteiger partial charge on any atom is 0.469 e. The van der Waals surface area contributed by atoms with E-state index in [9.17, 15) is 9.36 Å². The molecule has 1 heterocycles. The first-order valence-electron chi connectivity index (χ1n) is 10.8. The van der Waals surface area contributed by atoms with Gasteiger partial charge in [0.25, 0.3) is 0 Å². The Balaban J connectivity index is 1.41. The number of carbonyl (C=O) groups is 1. The minimum atomic E-state index is -4.67. The van der Waals surface area contributed by atoms with E-state index in [4.69, 9.17) is 26.1 Å². The standard InChI is InChI=1S/C24H24ClN2O6PS/c25-21-14-20(35-19-8-4-7-18(13-19)32-15-17-5-2-1-3-6-17)9-10-23(21)27-12-11-26-22(24(27)28)16-33-34(29,30)31/h1-10,13-14,22,26H,11-12,15-16H2,(H2,29,30,31). The summed E-state index contributed by atoms with van der Waals surface area (Å²) in [6, 6.07) is 22.3. The number of hydrogen-bond acceptors (Lipinski definition) is 6. The fourth-order valence-corrected chi connectivity index (χ4v) is 5.15. The third-order valence-corrected chi connectivity index (χ3v) is 6.97. The molecule has 8 nitrogen and oxygen atoms in total. The number of anilines is 1. The van der Waals surface area contributed by atoms with Crippen molar-refractivity contribution in [3.05, 3.63) is 83.4 Å². The minimum Gasteiger partial charge on any atom is -0.489 e. The zero-order valence-electron chi connectivity index (χ0n) is 18.5.